The molecule has 1 aromatic heterocycles. The summed E-state index contributed by atoms with van der Waals surface area (Å²) in [5.74, 6) is 0. The van der Waals surface area contributed by atoms with Crippen molar-refractivity contribution in [1.82, 2.24) is 5.32 Å². The normalized spacial score (nSPS) is 14.8. The van der Waals surface area contributed by atoms with E-state index in [-0.39, 0.29) is 12.1 Å². The SMILES string of the molecule is CCCNC(c1sccc1Cl)C(CCC)OC. The first-order valence-corrected chi connectivity index (χ1v) is 7.49. The monoisotopic (exact) mass is 275 g/mol. The second-order valence-electron chi connectivity index (χ2n) is 4.13. The summed E-state index contributed by atoms with van der Waals surface area (Å²) in [6, 6.07) is 2.17. The number of nitrogens with one attached hydrogen (secondary N) is 1. The molecule has 0 bridgehead atoms. The Kier molecular flexibility index (Phi) is 7.12. The molecule has 0 aromatic carbocycles. The lowest BCUT2D eigenvalue weighted by molar-refractivity contribution is 0.0617. The molecule has 0 aliphatic rings. The van der Waals surface area contributed by atoms with E-state index in [9.17, 15) is 0 Å². The molecule has 98 valence electrons. The summed E-state index contributed by atoms with van der Waals surface area (Å²) >= 11 is 7.93. The largest absolute Gasteiger partial charge is 0.379 e. The Bertz CT molecular complexity index is 316. The number of thiophene rings is 1. The van der Waals surface area contributed by atoms with Gasteiger partial charge in [0.05, 0.1) is 17.2 Å². The zero-order valence-electron chi connectivity index (χ0n) is 10.8. The van der Waals surface area contributed by atoms with Gasteiger partial charge in [0.15, 0.2) is 0 Å². The van der Waals surface area contributed by atoms with Gasteiger partial charge in [0.25, 0.3) is 0 Å². The number of methoxy groups -OCH3 is 1. The van der Waals surface area contributed by atoms with Gasteiger partial charge in [-0.1, -0.05) is 31.9 Å². The molecule has 2 nitrogen and oxygen atoms in total. The molecule has 0 radical (unpaired) electrons. The molecular weight excluding hydrogens is 254 g/mol. The Labute approximate surface area is 113 Å². The van der Waals surface area contributed by atoms with Crippen LogP contribution in [0.5, 0.6) is 0 Å². The minimum Gasteiger partial charge on any atom is -0.379 e. The maximum atomic E-state index is 6.23. The van der Waals surface area contributed by atoms with Gasteiger partial charge in [-0.25, -0.2) is 0 Å². The van der Waals surface area contributed by atoms with Crippen molar-refractivity contribution < 1.29 is 4.74 Å². The molecule has 1 N–H and O–H groups in total. The predicted molar refractivity (Wildman–Crippen MR) is 76.1 cm³/mol. The van der Waals surface area contributed by atoms with Crippen LogP contribution >= 0.6 is 22.9 Å². The van der Waals surface area contributed by atoms with E-state index < -0.39 is 0 Å². The molecule has 0 fully saturated rings. The lowest BCUT2D eigenvalue weighted by atomic mass is 10.0. The van der Waals surface area contributed by atoms with E-state index in [1.165, 1.54) is 4.88 Å². The summed E-state index contributed by atoms with van der Waals surface area (Å²) in [7, 11) is 1.78. The van der Waals surface area contributed by atoms with E-state index in [4.69, 9.17) is 16.3 Å². The summed E-state index contributed by atoms with van der Waals surface area (Å²) in [5, 5.41) is 6.44. The quantitative estimate of drug-likeness (QED) is 0.765. The smallest absolute Gasteiger partial charge is 0.0774 e. The summed E-state index contributed by atoms with van der Waals surface area (Å²) in [4.78, 5) is 1.19. The Hall–Kier alpha value is -0.0900. The Morgan fingerprint density at radius 3 is 2.65 bits per heavy atom. The van der Waals surface area contributed by atoms with Gasteiger partial charge in [0, 0.05) is 12.0 Å². The first-order chi connectivity index (χ1) is 8.24. The van der Waals surface area contributed by atoms with E-state index in [2.05, 4.69) is 19.2 Å². The maximum absolute atomic E-state index is 6.23. The van der Waals surface area contributed by atoms with Crippen LogP contribution in [-0.4, -0.2) is 19.8 Å². The predicted octanol–water partition coefficient (Wildman–Crippen LogP) is 4.26. The zero-order valence-corrected chi connectivity index (χ0v) is 12.4. The van der Waals surface area contributed by atoms with Crippen LogP contribution in [0.3, 0.4) is 0 Å². The van der Waals surface area contributed by atoms with E-state index >= 15 is 0 Å². The third-order valence-corrected chi connectivity index (χ3v) is 4.23. The fourth-order valence-corrected chi connectivity index (χ4v) is 3.23. The molecule has 0 spiro atoms. The highest BCUT2D eigenvalue weighted by Crippen LogP contribution is 2.32. The van der Waals surface area contributed by atoms with Gasteiger partial charge in [-0.05, 0) is 30.8 Å². The van der Waals surface area contributed by atoms with E-state index in [1.54, 1.807) is 18.4 Å². The third kappa shape index (κ3) is 4.25. The zero-order chi connectivity index (χ0) is 12.7. The highest BCUT2D eigenvalue weighted by atomic mass is 35.5. The van der Waals surface area contributed by atoms with Crippen molar-refractivity contribution in [3.63, 3.8) is 0 Å². The third-order valence-electron chi connectivity index (χ3n) is 2.79. The Morgan fingerprint density at radius 1 is 1.41 bits per heavy atom. The Balaban J connectivity index is 2.82. The van der Waals surface area contributed by atoms with Crippen molar-refractivity contribution in [2.24, 2.45) is 0 Å². The number of halogens is 1. The van der Waals surface area contributed by atoms with Gasteiger partial charge in [-0.15, -0.1) is 11.3 Å². The number of hydrogen-bond donors (Lipinski definition) is 1. The summed E-state index contributed by atoms with van der Waals surface area (Å²) in [6.07, 6.45) is 3.47. The molecule has 4 heteroatoms. The lowest BCUT2D eigenvalue weighted by Gasteiger charge is -2.26. The van der Waals surface area contributed by atoms with Crippen molar-refractivity contribution >= 4 is 22.9 Å². The van der Waals surface area contributed by atoms with E-state index in [0.717, 1.165) is 30.8 Å². The molecule has 0 aliphatic carbocycles. The van der Waals surface area contributed by atoms with Gasteiger partial charge >= 0.3 is 0 Å². The number of rotatable bonds is 8. The molecule has 0 amide bonds. The average molecular weight is 276 g/mol. The van der Waals surface area contributed by atoms with Gasteiger partial charge in [-0.3, -0.25) is 0 Å². The highest BCUT2D eigenvalue weighted by molar-refractivity contribution is 7.10. The van der Waals surface area contributed by atoms with Gasteiger partial charge < -0.3 is 10.1 Å². The lowest BCUT2D eigenvalue weighted by Crippen LogP contribution is -2.33. The van der Waals surface area contributed by atoms with Crippen LogP contribution in [0.25, 0.3) is 0 Å². The van der Waals surface area contributed by atoms with Crippen LogP contribution in [-0.2, 0) is 4.74 Å². The highest BCUT2D eigenvalue weighted by Gasteiger charge is 2.24. The van der Waals surface area contributed by atoms with Crippen molar-refractivity contribution in [3.8, 4) is 0 Å². The molecule has 1 aromatic rings. The van der Waals surface area contributed by atoms with Crippen molar-refractivity contribution in [1.29, 1.82) is 0 Å². The molecule has 0 saturated carbocycles. The second kappa shape index (κ2) is 8.09. The molecule has 17 heavy (non-hydrogen) atoms. The van der Waals surface area contributed by atoms with Crippen molar-refractivity contribution in [3.05, 3.63) is 21.3 Å². The summed E-state index contributed by atoms with van der Waals surface area (Å²) < 4.78 is 5.61. The average Bonchev–Trinajstić information content (AvgIpc) is 2.75. The van der Waals surface area contributed by atoms with Crippen LogP contribution in [0.2, 0.25) is 5.02 Å². The Morgan fingerprint density at radius 2 is 2.18 bits per heavy atom. The van der Waals surface area contributed by atoms with Crippen LogP contribution < -0.4 is 5.32 Å². The number of hydrogen-bond acceptors (Lipinski definition) is 3. The molecule has 1 rings (SSSR count). The van der Waals surface area contributed by atoms with Gasteiger partial charge in [0.1, 0.15) is 0 Å². The minimum atomic E-state index is 0.197. The maximum Gasteiger partial charge on any atom is 0.0774 e. The topological polar surface area (TPSA) is 21.3 Å². The summed E-state index contributed by atoms with van der Waals surface area (Å²) in [6.45, 7) is 5.34. The van der Waals surface area contributed by atoms with E-state index in [0.29, 0.717) is 0 Å². The van der Waals surface area contributed by atoms with E-state index in [1.807, 2.05) is 11.4 Å². The fourth-order valence-electron chi connectivity index (χ4n) is 1.93. The molecular formula is C13H22ClNOS. The number of ether oxygens (including phenoxy) is 1. The first-order valence-electron chi connectivity index (χ1n) is 6.23. The molecule has 0 saturated heterocycles. The van der Waals surface area contributed by atoms with Crippen LogP contribution in [0.15, 0.2) is 11.4 Å². The molecule has 0 aliphatic heterocycles. The second-order valence-corrected chi connectivity index (χ2v) is 5.48. The standard InChI is InChI=1S/C13H22ClNOS/c1-4-6-11(16-3)12(15-8-5-2)13-10(14)7-9-17-13/h7,9,11-12,15H,4-6,8H2,1-3H3. The molecule has 2 atom stereocenters. The van der Waals surface area contributed by atoms with Gasteiger partial charge in [-0.2, -0.15) is 0 Å². The van der Waals surface area contributed by atoms with Gasteiger partial charge in [0.2, 0.25) is 0 Å². The molecule has 1 heterocycles. The first kappa shape index (κ1) is 15.0. The van der Waals surface area contributed by atoms with Crippen LogP contribution in [0.4, 0.5) is 0 Å². The summed E-state index contributed by atoms with van der Waals surface area (Å²) in [5.41, 5.74) is 0. The van der Waals surface area contributed by atoms with Crippen molar-refractivity contribution in [2.75, 3.05) is 13.7 Å². The van der Waals surface area contributed by atoms with Crippen LogP contribution in [0.1, 0.15) is 44.0 Å². The molecule has 2 unspecified atom stereocenters. The van der Waals surface area contributed by atoms with Crippen molar-refractivity contribution in [2.45, 2.75) is 45.3 Å². The van der Waals surface area contributed by atoms with Crippen LogP contribution in [0, 0.1) is 0 Å². The minimum absolute atomic E-state index is 0.197. The fraction of sp³-hybridized carbons (Fsp3) is 0.692.